The summed E-state index contributed by atoms with van der Waals surface area (Å²) in [6, 6.07) is 13.6. The summed E-state index contributed by atoms with van der Waals surface area (Å²) in [5.74, 6) is -3.22. The zero-order valence-corrected chi connectivity index (χ0v) is 17.1. The summed E-state index contributed by atoms with van der Waals surface area (Å²) < 4.78 is 32.1. The van der Waals surface area contributed by atoms with E-state index < -0.39 is 29.6 Å². The van der Waals surface area contributed by atoms with Crippen LogP contribution < -0.4 is 10.1 Å². The molecule has 0 heterocycles. The summed E-state index contributed by atoms with van der Waals surface area (Å²) in [5, 5.41) is 12.1. The molecule has 5 nitrogen and oxygen atoms in total. The maximum absolute atomic E-state index is 13.4. The van der Waals surface area contributed by atoms with Crippen molar-refractivity contribution in [1.82, 2.24) is 5.32 Å². The summed E-state index contributed by atoms with van der Waals surface area (Å²) in [7, 11) is 0. The van der Waals surface area contributed by atoms with Crippen molar-refractivity contribution in [2.24, 2.45) is 0 Å². The third-order valence-corrected chi connectivity index (χ3v) is 4.80. The number of aromatic carboxylic acids is 1. The number of carboxylic acids is 1. The molecule has 0 saturated carbocycles. The van der Waals surface area contributed by atoms with Crippen molar-refractivity contribution in [1.29, 1.82) is 0 Å². The van der Waals surface area contributed by atoms with E-state index >= 15 is 0 Å². The molecule has 0 radical (unpaired) electrons. The SMILES string of the molecule is C[C@H](NC(=O)c1cc(Cl)ccc1OCc1ccc(F)c(F)c1)c1ccc(C(=O)O)cc1. The molecule has 0 spiro atoms. The molecule has 0 saturated heterocycles. The van der Waals surface area contributed by atoms with E-state index in [1.807, 2.05) is 0 Å². The van der Waals surface area contributed by atoms with Gasteiger partial charge >= 0.3 is 5.97 Å². The van der Waals surface area contributed by atoms with Gasteiger partial charge in [-0.15, -0.1) is 0 Å². The van der Waals surface area contributed by atoms with Crippen molar-refractivity contribution in [2.45, 2.75) is 19.6 Å². The second kappa shape index (κ2) is 9.57. The molecule has 0 aliphatic rings. The molecular weight excluding hydrogens is 428 g/mol. The van der Waals surface area contributed by atoms with Crippen molar-refractivity contribution in [2.75, 3.05) is 0 Å². The zero-order valence-electron chi connectivity index (χ0n) is 16.4. The van der Waals surface area contributed by atoms with E-state index in [9.17, 15) is 18.4 Å². The van der Waals surface area contributed by atoms with Gasteiger partial charge in [0.25, 0.3) is 5.91 Å². The van der Waals surface area contributed by atoms with Crippen LogP contribution in [0.2, 0.25) is 5.02 Å². The van der Waals surface area contributed by atoms with Gasteiger partial charge in [-0.1, -0.05) is 29.8 Å². The number of halogens is 3. The number of ether oxygens (including phenoxy) is 1. The van der Waals surface area contributed by atoms with E-state index in [1.165, 1.54) is 30.3 Å². The third-order valence-electron chi connectivity index (χ3n) is 4.57. The fraction of sp³-hybridized carbons (Fsp3) is 0.130. The van der Waals surface area contributed by atoms with Gasteiger partial charge in [-0.3, -0.25) is 4.79 Å². The van der Waals surface area contributed by atoms with Gasteiger partial charge in [0, 0.05) is 5.02 Å². The van der Waals surface area contributed by atoms with Crippen molar-refractivity contribution in [3.8, 4) is 5.75 Å². The minimum absolute atomic E-state index is 0.0781. The number of hydrogen-bond acceptors (Lipinski definition) is 3. The Bertz CT molecular complexity index is 1120. The lowest BCUT2D eigenvalue weighted by molar-refractivity contribution is 0.0696. The summed E-state index contributed by atoms with van der Waals surface area (Å²) in [5.41, 5.74) is 1.42. The minimum atomic E-state index is -1.04. The van der Waals surface area contributed by atoms with Gasteiger partial charge in [0.2, 0.25) is 0 Å². The molecule has 1 atom stereocenters. The van der Waals surface area contributed by atoms with Crippen LogP contribution in [-0.4, -0.2) is 17.0 Å². The van der Waals surface area contributed by atoms with E-state index in [1.54, 1.807) is 25.1 Å². The summed E-state index contributed by atoms with van der Waals surface area (Å²) in [6.07, 6.45) is 0. The molecule has 31 heavy (non-hydrogen) atoms. The predicted octanol–water partition coefficient (Wildman–Crippen LogP) is 5.39. The lowest BCUT2D eigenvalue weighted by atomic mass is 10.1. The highest BCUT2D eigenvalue weighted by atomic mass is 35.5. The molecule has 160 valence electrons. The lowest BCUT2D eigenvalue weighted by Gasteiger charge is -2.17. The Morgan fingerprint density at radius 2 is 1.74 bits per heavy atom. The van der Waals surface area contributed by atoms with Crippen molar-refractivity contribution in [3.05, 3.63) is 99.6 Å². The van der Waals surface area contributed by atoms with E-state index in [0.29, 0.717) is 16.1 Å². The van der Waals surface area contributed by atoms with Crippen molar-refractivity contribution < 1.29 is 28.2 Å². The molecule has 1 amide bonds. The first-order chi connectivity index (χ1) is 14.7. The van der Waals surface area contributed by atoms with Crippen molar-refractivity contribution in [3.63, 3.8) is 0 Å². The monoisotopic (exact) mass is 445 g/mol. The van der Waals surface area contributed by atoms with E-state index in [4.69, 9.17) is 21.4 Å². The fourth-order valence-electron chi connectivity index (χ4n) is 2.87. The quantitative estimate of drug-likeness (QED) is 0.511. The molecule has 3 aromatic rings. The van der Waals surface area contributed by atoms with Gasteiger partial charge in [-0.2, -0.15) is 0 Å². The van der Waals surface area contributed by atoms with Crippen LogP contribution in [0.3, 0.4) is 0 Å². The first-order valence-corrected chi connectivity index (χ1v) is 9.63. The molecule has 0 bridgehead atoms. The number of rotatable bonds is 7. The first-order valence-electron chi connectivity index (χ1n) is 9.25. The van der Waals surface area contributed by atoms with E-state index in [-0.39, 0.29) is 23.5 Å². The van der Waals surface area contributed by atoms with Crippen LogP contribution in [0, 0.1) is 11.6 Å². The summed E-state index contributed by atoms with van der Waals surface area (Å²) in [6.45, 7) is 1.67. The number of benzene rings is 3. The largest absolute Gasteiger partial charge is 0.488 e. The molecule has 0 aliphatic heterocycles. The smallest absolute Gasteiger partial charge is 0.335 e. The number of carboxylic acid groups (broad SMARTS) is 1. The van der Waals surface area contributed by atoms with Gasteiger partial charge in [-0.05, 0) is 60.5 Å². The maximum Gasteiger partial charge on any atom is 0.335 e. The molecule has 0 unspecified atom stereocenters. The normalized spacial score (nSPS) is 11.6. The van der Waals surface area contributed by atoms with Crippen LogP contribution in [0.5, 0.6) is 5.75 Å². The Kier molecular flexibility index (Phi) is 6.87. The second-order valence-electron chi connectivity index (χ2n) is 6.80. The Balaban J connectivity index is 1.74. The summed E-state index contributed by atoms with van der Waals surface area (Å²) >= 11 is 6.03. The Morgan fingerprint density at radius 3 is 2.39 bits per heavy atom. The van der Waals surface area contributed by atoms with E-state index in [0.717, 1.165) is 12.1 Å². The van der Waals surface area contributed by atoms with Gasteiger partial charge in [0.1, 0.15) is 12.4 Å². The standard InChI is InChI=1S/C23H18ClF2NO4/c1-13(15-3-5-16(6-4-15)23(29)30)27-22(28)18-11-17(24)7-9-21(18)31-12-14-2-8-19(25)20(26)10-14/h2-11,13H,12H2,1H3,(H,27,28)(H,29,30)/t13-/m0/s1. The van der Waals surface area contributed by atoms with Gasteiger partial charge in [-0.25, -0.2) is 13.6 Å². The van der Waals surface area contributed by atoms with Crippen LogP contribution in [0.25, 0.3) is 0 Å². The van der Waals surface area contributed by atoms with Gasteiger partial charge < -0.3 is 15.2 Å². The minimum Gasteiger partial charge on any atom is -0.488 e. The topological polar surface area (TPSA) is 75.6 Å². The first kappa shape index (κ1) is 22.2. The molecule has 3 rings (SSSR count). The van der Waals surface area contributed by atoms with Crippen LogP contribution in [-0.2, 0) is 6.61 Å². The zero-order chi connectivity index (χ0) is 22.5. The van der Waals surface area contributed by atoms with Gasteiger partial charge in [0.05, 0.1) is 17.2 Å². The van der Waals surface area contributed by atoms with Crippen LogP contribution in [0.15, 0.2) is 60.7 Å². The van der Waals surface area contributed by atoms with Crippen LogP contribution in [0.1, 0.15) is 44.8 Å². The van der Waals surface area contributed by atoms with Crippen LogP contribution in [0.4, 0.5) is 8.78 Å². The van der Waals surface area contributed by atoms with Crippen LogP contribution >= 0.6 is 11.6 Å². The number of hydrogen-bond donors (Lipinski definition) is 2. The molecule has 0 aromatic heterocycles. The average Bonchev–Trinajstić information content (AvgIpc) is 2.75. The number of carbonyl (C=O) groups excluding carboxylic acids is 1. The second-order valence-corrected chi connectivity index (χ2v) is 7.24. The Labute approximate surface area is 182 Å². The van der Waals surface area contributed by atoms with Gasteiger partial charge in [0.15, 0.2) is 11.6 Å². The Morgan fingerprint density at radius 1 is 1.03 bits per heavy atom. The molecule has 8 heteroatoms. The molecule has 2 N–H and O–H groups in total. The average molecular weight is 446 g/mol. The molecule has 0 fully saturated rings. The maximum atomic E-state index is 13.4. The highest BCUT2D eigenvalue weighted by molar-refractivity contribution is 6.31. The highest BCUT2D eigenvalue weighted by Gasteiger charge is 2.17. The third kappa shape index (κ3) is 5.58. The summed E-state index contributed by atoms with van der Waals surface area (Å²) in [4.78, 5) is 23.8. The predicted molar refractivity (Wildman–Crippen MR) is 111 cm³/mol. The molecule has 3 aromatic carbocycles. The molecular formula is C23H18ClF2NO4. The fourth-order valence-corrected chi connectivity index (χ4v) is 3.04. The highest BCUT2D eigenvalue weighted by Crippen LogP contribution is 2.25. The lowest BCUT2D eigenvalue weighted by Crippen LogP contribution is -2.27. The number of nitrogens with one attached hydrogen (secondary N) is 1. The number of amides is 1. The molecule has 0 aliphatic carbocycles. The Hall–Kier alpha value is -3.45. The van der Waals surface area contributed by atoms with E-state index in [2.05, 4.69) is 5.32 Å². The van der Waals surface area contributed by atoms with Crippen molar-refractivity contribution >= 4 is 23.5 Å². The number of carbonyl (C=O) groups is 2.